The van der Waals surface area contributed by atoms with Crippen LogP contribution in [0.15, 0.2) is 0 Å². The average Bonchev–Trinajstić information content (AvgIpc) is 3.28. The Kier molecular flexibility index (Phi) is 5.26. The Labute approximate surface area is 117 Å². The zero-order chi connectivity index (χ0) is 13.8. The summed E-state index contributed by atoms with van der Waals surface area (Å²) in [6, 6.07) is 0.385. The van der Waals surface area contributed by atoms with Crippen molar-refractivity contribution in [3.05, 3.63) is 0 Å². The van der Waals surface area contributed by atoms with E-state index in [0.717, 1.165) is 18.3 Å². The monoisotopic (exact) mass is 267 g/mol. The summed E-state index contributed by atoms with van der Waals surface area (Å²) in [5.74, 6) is 2.14. The number of hydrogen-bond donors (Lipinski definition) is 1. The van der Waals surface area contributed by atoms with Crippen LogP contribution in [0.2, 0.25) is 0 Å². The molecule has 0 bridgehead atoms. The summed E-state index contributed by atoms with van der Waals surface area (Å²) >= 11 is 0. The van der Waals surface area contributed by atoms with Crippen LogP contribution in [0.25, 0.3) is 0 Å². The highest BCUT2D eigenvalue weighted by Crippen LogP contribution is 2.44. The summed E-state index contributed by atoms with van der Waals surface area (Å²) in [5.41, 5.74) is 0. The van der Waals surface area contributed by atoms with Gasteiger partial charge in [-0.05, 0) is 43.4 Å². The molecule has 0 aromatic carbocycles. The normalized spacial score (nSPS) is 30.7. The number of ether oxygens (including phenoxy) is 1. The molecule has 4 unspecified atom stereocenters. The summed E-state index contributed by atoms with van der Waals surface area (Å²) in [4.78, 5) is 11.9. The molecule has 2 rings (SSSR count). The summed E-state index contributed by atoms with van der Waals surface area (Å²) in [6.07, 6.45) is 9.06. The van der Waals surface area contributed by atoms with Crippen molar-refractivity contribution in [2.24, 2.45) is 17.8 Å². The predicted molar refractivity (Wildman–Crippen MR) is 76.9 cm³/mol. The lowest BCUT2D eigenvalue weighted by Gasteiger charge is -2.33. The molecule has 0 amide bonds. The molecule has 0 aromatic heterocycles. The van der Waals surface area contributed by atoms with Gasteiger partial charge in [-0.3, -0.25) is 4.79 Å². The highest BCUT2D eigenvalue weighted by atomic mass is 16.5. The van der Waals surface area contributed by atoms with E-state index in [9.17, 15) is 4.79 Å². The number of rotatable bonds is 6. The van der Waals surface area contributed by atoms with Crippen LogP contribution in [0, 0.1) is 17.8 Å². The number of esters is 1. The Balaban J connectivity index is 1.89. The smallest absolute Gasteiger partial charge is 0.323 e. The van der Waals surface area contributed by atoms with Crippen LogP contribution in [0.1, 0.15) is 58.8 Å². The van der Waals surface area contributed by atoms with Crippen molar-refractivity contribution in [2.45, 2.75) is 70.9 Å². The van der Waals surface area contributed by atoms with Gasteiger partial charge in [-0.25, -0.2) is 0 Å². The van der Waals surface area contributed by atoms with E-state index in [4.69, 9.17) is 4.74 Å². The van der Waals surface area contributed by atoms with Gasteiger partial charge in [-0.15, -0.1) is 0 Å². The molecule has 0 saturated heterocycles. The lowest BCUT2D eigenvalue weighted by molar-refractivity contribution is -0.145. The van der Waals surface area contributed by atoms with Gasteiger partial charge in [0.25, 0.3) is 0 Å². The van der Waals surface area contributed by atoms with Crippen molar-refractivity contribution in [2.75, 3.05) is 7.11 Å². The summed E-state index contributed by atoms with van der Waals surface area (Å²) in [6.45, 7) is 4.27. The molecule has 0 heterocycles. The first kappa shape index (κ1) is 14.8. The summed E-state index contributed by atoms with van der Waals surface area (Å²) in [5, 5.41) is 3.60. The van der Waals surface area contributed by atoms with Gasteiger partial charge < -0.3 is 10.1 Å². The van der Waals surface area contributed by atoms with E-state index in [2.05, 4.69) is 19.2 Å². The molecule has 0 aromatic rings. The fourth-order valence-corrected chi connectivity index (χ4v) is 3.46. The third-order valence-corrected chi connectivity index (χ3v) is 5.09. The molecule has 2 aliphatic rings. The van der Waals surface area contributed by atoms with Crippen LogP contribution < -0.4 is 5.32 Å². The Morgan fingerprint density at radius 1 is 1.26 bits per heavy atom. The molecular weight excluding hydrogens is 238 g/mol. The van der Waals surface area contributed by atoms with E-state index >= 15 is 0 Å². The SMILES string of the molecule is CCC(C)C(NC1CCCC(C2CC2)C1)C(=O)OC. The number of methoxy groups -OCH3 is 1. The lowest BCUT2D eigenvalue weighted by atomic mass is 9.82. The minimum atomic E-state index is -0.127. The first-order valence-electron chi connectivity index (χ1n) is 7.99. The van der Waals surface area contributed by atoms with Gasteiger partial charge >= 0.3 is 5.97 Å². The third kappa shape index (κ3) is 3.95. The number of carbonyl (C=O) groups is 1. The Morgan fingerprint density at radius 3 is 2.58 bits per heavy atom. The Bertz CT molecular complexity index is 301. The molecule has 3 heteroatoms. The maximum atomic E-state index is 11.9. The van der Waals surface area contributed by atoms with Gasteiger partial charge in [0.2, 0.25) is 0 Å². The molecule has 4 atom stereocenters. The van der Waals surface area contributed by atoms with Crippen molar-refractivity contribution in [1.29, 1.82) is 0 Å². The second-order valence-corrected chi connectivity index (χ2v) is 6.51. The molecule has 2 saturated carbocycles. The maximum absolute atomic E-state index is 11.9. The molecule has 0 aliphatic heterocycles. The third-order valence-electron chi connectivity index (χ3n) is 5.09. The molecule has 2 fully saturated rings. The largest absolute Gasteiger partial charge is 0.468 e. The number of nitrogens with one attached hydrogen (secondary N) is 1. The van der Waals surface area contributed by atoms with Crippen molar-refractivity contribution < 1.29 is 9.53 Å². The number of hydrogen-bond acceptors (Lipinski definition) is 3. The minimum Gasteiger partial charge on any atom is -0.468 e. The average molecular weight is 267 g/mol. The van der Waals surface area contributed by atoms with E-state index in [1.54, 1.807) is 0 Å². The molecule has 3 nitrogen and oxygen atoms in total. The van der Waals surface area contributed by atoms with E-state index in [1.807, 2.05) is 0 Å². The van der Waals surface area contributed by atoms with E-state index in [-0.39, 0.29) is 12.0 Å². The lowest BCUT2D eigenvalue weighted by Crippen LogP contribution is -2.49. The van der Waals surface area contributed by atoms with Gasteiger partial charge in [0.05, 0.1) is 7.11 Å². The van der Waals surface area contributed by atoms with Gasteiger partial charge in [0, 0.05) is 6.04 Å². The molecule has 2 aliphatic carbocycles. The van der Waals surface area contributed by atoms with Crippen LogP contribution >= 0.6 is 0 Å². The standard InChI is InChI=1S/C16H29NO2/c1-4-11(2)15(16(18)19-3)17-14-7-5-6-13(10-14)12-8-9-12/h11-15,17H,4-10H2,1-3H3. The fourth-order valence-electron chi connectivity index (χ4n) is 3.46. The van der Waals surface area contributed by atoms with Crippen LogP contribution in [-0.4, -0.2) is 25.2 Å². The van der Waals surface area contributed by atoms with Gasteiger partial charge in [0.1, 0.15) is 6.04 Å². The predicted octanol–water partition coefficient (Wildman–Crippen LogP) is 3.13. The van der Waals surface area contributed by atoms with Crippen LogP contribution in [0.5, 0.6) is 0 Å². The molecule has 19 heavy (non-hydrogen) atoms. The van der Waals surface area contributed by atoms with Crippen molar-refractivity contribution in [1.82, 2.24) is 5.32 Å². The molecular formula is C16H29NO2. The quantitative estimate of drug-likeness (QED) is 0.751. The summed E-state index contributed by atoms with van der Waals surface area (Å²) < 4.78 is 4.96. The van der Waals surface area contributed by atoms with Gasteiger partial charge in [-0.2, -0.15) is 0 Å². The first-order valence-corrected chi connectivity index (χ1v) is 7.99. The zero-order valence-corrected chi connectivity index (χ0v) is 12.7. The highest BCUT2D eigenvalue weighted by Gasteiger charge is 2.36. The second-order valence-electron chi connectivity index (χ2n) is 6.51. The van der Waals surface area contributed by atoms with E-state index in [1.165, 1.54) is 45.6 Å². The fraction of sp³-hybridized carbons (Fsp3) is 0.938. The highest BCUT2D eigenvalue weighted by molar-refractivity contribution is 5.76. The molecule has 110 valence electrons. The first-order chi connectivity index (χ1) is 9.15. The van der Waals surface area contributed by atoms with Crippen molar-refractivity contribution in [3.63, 3.8) is 0 Å². The molecule has 1 N–H and O–H groups in total. The summed E-state index contributed by atoms with van der Waals surface area (Å²) in [7, 11) is 1.49. The van der Waals surface area contributed by atoms with E-state index in [0.29, 0.717) is 12.0 Å². The Hall–Kier alpha value is -0.570. The van der Waals surface area contributed by atoms with Gasteiger partial charge in [0.15, 0.2) is 0 Å². The molecule has 0 radical (unpaired) electrons. The second kappa shape index (κ2) is 6.74. The van der Waals surface area contributed by atoms with Crippen LogP contribution in [0.3, 0.4) is 0 Å². The minimum absolute atomic E-state index is 0.0945. The van der Waals surface area contributed by atoms with Crippen molar-refractivity contribution >= 4 is 5.97 Å². The van der Waals surface area contributed by atoms with Gasteiger partial charge in [-0.1, -0.05) is 33.1 Å². The van der Waals surface area contributed by atoms with Crippen LogP contribution in [-0.2, 0) is 9.53 Å². The Morgan fingerprint density at radius 2 is 2.00 bits per heavy atom. The number of carbonyl (C=O) groups excluding carboxylic acids is 1. The van der Waals surface area contributed by atoms with Crippen molar-refractivity contribution in [3.8, 4) is 0 Å². The zero-order valence-electron chi connectivity index (χ0n) is 12.7. The van der Waals surface area contributed by atoms with Crippen LogP contribution in [0.4, 0.5) is 0 Å². The van der Waals surface area contributed by atoms with E-state index < -0.39 is 0 Å². The topological polar surface area (TPSA) is 38.3 Å². The maximum Gasteiger partial charge on any atom is 0.323 e. The molecule has 0 spiro atoms.